The van der Waals surface area contributed by atoms with Gasteiger partial charge < -0.3 is 14.8 Å². The van der Waals surface area contributed by atoms with Gasteiger partial charge in [0.05, 0.1) is 21.2 Å². The van der Waals surface area contributed by atoms with E-state index < -0.39 is 16.8 Å². The Morgan fingerprint density at radius 2 is 1.89 bits per heavy atom. The van der Waals surface area contributed by atoms with Gasteiger partial charge in [-0.2, -0.15) is 0 Å². The second kappa shape index (κ2) is 7.30. The molecule has 3 aromatic rings. The summed E-state index contributed by atoms with van der Waals surface area (Å²) in [6, 6.07) is 12.6. The van der Waals surface area contributed by atoms with Crippen LogP contribution in [0.4, 0.5) is 11.4 Å². The van der Waals surface area contributed by atoms with Gasteiger partial charge in [0.25, 0.3) is 11.6 Å². The topological polar surface area (TPSA) is 123 Å². The number of carboxylic acids is 1. The molecule has 2 N–H and O–H groups in total. The average Bonchev–Trinajstić information content (AvgIpc) is 3.13. The minimum Gasteiger partial charge on any atom is -0.478 e. The van der Waals surface area contributed by atoms with Gasteiger partial charge in [-0.1, -0.05) is 23.7 Å². The summed E-state index contributed by atoms with van der Waals surface area (Å²) >= 11 is 5.98. The predicted molar refractivity (Wildman–Crippen MR) is 97.2 cm³/mol. The lowest BCUT2D eigenvalue weighted by Gasteiger charge is -2.07. The maximum Gasteiger partial charge on any atom is 0.335 e. The number of carboxylic acid groups (broad SMARTS) is 1. The second-order valence-corrected chi connectivity index (χ2v) is 5.83. The Morgan fingerprint density at radius 3 is 2.59 bits per heavy atom. The standard InChI is InChI=1S/C18H11ClN2O6/c19-13-5-4-11(18(23)24)9-14(13)20-17(22)16-7-6-15(27-16)10-2-1-3-12(8-10)21(25)26/h1-9H,(H,20,22)(H,23,24). The lowest BCUT2D eigenvalue weighted by Crippen LogP contribution is -2.12. The van der Waals surface area contributed by atoms with Crippen LogP contribution in [0.2, 0.25) is 5.02 Å². The third kappa shape index (κ3) is 3.96. The van der Waals surface area contributed by atoms with Gasteiger partial charge in [-0.15, -0.1) is 0 Å². The van der Waals surface area contributed by atoms with Gasteiger partial charge in [0.2, 0.25) is 0 Å². The molecule has 0 atom stereocenters. The van der Waals surface area contributed by atoms with Crippen molar-refractivity contribution in [2.24, 2.45) is 0 Å². The first kappa shape index (κ1) is 18.2. The molecule has 0 fully saturated rings. The summed E-state index contributed by atoms with van der Waals surface area (Å²) in [5, 5.41) is 22.5. The summed E-state index contributed by atoms with van der Waals surface area (Å²) in [5.74, 6) is -1.59. The maximum atomic E-state index is 12.3. The zero-order valence-corrected chi connectivity index (χ0v) is 14.3. The van der Waals surface area contributed by atoms with Crippen LogP contribution in [0.3, 0.4) is 0 Å². The van der Waals surface area contributed by atoms with E-state index in [9.17, 15) is 19.7 Å². The number of nitrogens with zero attached hydrogens (tertiary/aromatic N) is 1. The zero-order chi connectivity index (χ0) is 19.6. The molecule has 0 aliphatic rings. The van der Waals surface area contributed by atoms with Crippen LogP contribution in [0.1, 0.15) is 20.9 Å². The zero-order valence-electron chi connectivity index (χ0n) is 13.5. The van der Waals surface area contributed by atoms with Crippen molar-refractivity contribution in [3.63, 3.8) is 0 Å². The Kier molecular flexibility index (Phi) is 4.91. The van der Waals surface area contributed by atoms with E-state index in [0.29, 0.717) is 5.56 Å². The van der Waals surface area contributed by atoms with Crippen LogP contribution in [0.15, 0.2) is 59.0 Å². The molecule has 0 saturated carbocycles. The molecule has 2 aromatic carbocycles. The van der Waals surface area contributed by atoms with Crippen molar-refractivity contribution in [3.05, 3.63) is 81.1 Å². The van der Waals surface area contributed by atoms with Gasteiger partial charge in [0.15, 0.2) is 5.76 Å². The molecular weight excluding hydrogens is 376 g/mol. The Hall–Kier alpha value is -3.65. The quantitative estimate of drug-likeness (QED) is 0.493. The molecule has 136 valence electrons. The number of amides is 1. The number of nitrogens with one attached hydrogen (secondary N) is 1. The predicted octanol–water partition coefficient (Wildman–Crippen LogP) is 4.46. The number of anilines is 1. The van der Waals surface area contributed by atoms with Crippen molar-refractivity contribution >= 4 is 34.9 Å². The second-order valence-electron chi connectivity index (χ2n) is 5.43. The van der Waals surface area contributed by atoms with Crippen LogP contribution >= 0.6 is 11.6 Å². The number of carbonyl (C=O) groups is 2. The van der Waals surface area contributed by atoms with Gasteiger partial charge in [0.1, 0.15) is 5.76 Å². The van der Waals surface area contributed by atoms with Crippen molar-refractivity contribution in [2.45, 2.75) is 0 Å². The molecule has 1 aromatic heterocycles. The number of benzene rings is 2. The van der Waals surface area contributed by atoms with E-state index in [1.165, 1.54) is 48.5 Å². The van der Waals surface area contributed by atoms with E-state index in [0.717, 1.165) is 0 Å². The molecule has 3 rings (SSSR count). The minimum atomic E-state index is -1.16. The Balaban J connectivity index is 1.84. The monoisotopic (exact) mass is 386 g/mol. The van der Waals surface area contributed by atoms with Gasteiger partial charge in [-0.05, 0) is 30.3 Å². The Labute approximate surface area is 157 Å². The van der Waals surface area contributed by atoms with Gasteiger partial charge >= 0.3 is 5.97 Å². The van der Waals surface area contributed by atoms with Crippen molar-refractivity contribution < 1.29 is 24.0 Å². The average molecular weight is 387 g/mol. The number of nitro benzene ring substituents is 1. The molecule has 1 heterocycles. The molecule has 0 saturated heterocycles. The number of hydrogen-bond acceptors (Lipinski definition) is 5. The molecular formula is C18H11ClN2O6. The molecule has 1 amide bonds. The first-order valence-corrected chi connectivity index (χ1v) is 7.92. The number of non-ortho nitro benzene ring substituents is 1. The van der Waals surface area contributed by atoms with Crippen molar-refractivity contribution in [3.8, 4) is 11.3 Å². The highest BCUT2D eigenvalue weighted by Gasteiger charge is 2.16. The normalized spacial score (nSPS) is 10.4. The highest BCUT2D eigenvalue weighted by atomic mass is 35.5. The maximum absolute atomic E-state index is 12.3. The molecule has 0 radical (unpaired) electrons. The van der Waals surface area contributed by atoms with E-state index in [1.807, 2.05) is 0 Å². The summed E-state index contributed by atoms with van der Waals surface area (Å²) in [5.41, 5.74) is 0.419. The van der Waals surface area contributed by atoms with Gasteiger partial charge in [0, 0.05) is 17.7 Å². The van der Waals surface area contributed by atoms with Crippen LogP contribution in [0.25, 0.3) is 11.3 Å². The van der Waals surface area contributed by atoms with Gasteiger partial charge in [-0.25, -0.2) is 4.79 Å². The SMILES string of the molecule is O=C(O)c1ccc(Cl)c(NC(=O)c2ccc(-c3cccc([N+](=O)[O-])c3)o2)c1. The summed E-state index contributed by atoms with van der Waals surface area (Å²) in [6.45, 7) is 0. The van der Waals surface area contributed by atoms with Crippen LogP contribution in [0.5, 0.6) is 0 Å². The number of nitro groups is 1. The van der Waals surface area contributed by atoms with Crippen molar-refractivity contribution in [1.29, 1.82) is 0 Å². The first-order chi connectivity index (χ1) is 12.8. The van der Waals surface area contributed by atoms with E-state index in [4.69, 9.17) is 21.1 Å². The Morgan fingerprint density at radius 1 is 1.11 bits per heavy atom. The highest BCUT2D eigenvalue weighted by Crippen LogP contribution is 2.27. The largest absolute Gasteiger partial charge is 0.478 e. The molecule has 0 spiro atoms. The number of rotatable bonds is 5. The van der Waals surface area contributed by atoms with Crippen LogP contribution in [0, 0.1) is 10.1 Å². The summed E-state index contributed by atoms with van der Waals surface area (Å²) in [6.07, 6.45) is 0. The lowest BCUT2D eigenvalue weighted by molar-refractivity contribution is -0.384. The molecule has 0 bridgehead atoms. The van der Waals surface area contributed by atoms with Gasteiger partial charge in [-0.3, -0.25) is 14.9 Å². The Bertz CT molecular complexity index is 1060. The number of aromatic carboxylic acids is 1. The number of hydrogen-bond donors (Lipinski definition) is 2. The highest BCUT2D eigenvalue weighted by molar-refractivity contribution is 6.34. The molecule has 8 nitrogen and oxygen atoms in total. The lowest BCUT2D eigenvalue weighted by atomic mass is 10.1. The van der Waals surface area contributed by atoms with E-state index in [-0.39, 0.29) is 33.5 Å². The molecule has 0 unspecified atom stereocenters. The third-order valence-corrected chi connectivity index (χ3v) is 3.96. The van der Waals surface area contributed by atoms with Crippen LogP contribution in [-0.4, -0.2) is 21.9 Å². The number of halogens is 1. The summed E-state index contributed by atoms with van der Waals surface area (Å²) in [7, 11) is 0. The first-order valence-electron chi connectivity index (χ1n) is 7.54. The fourth-order valence-corrected chi connectivity index (χ4v) is 2.49. The summed E-state index contributed by atoms with van der Waals surface area (Å²) < 4.78 is 5.46. The van der Waals surface area contributed by atoms with Crippen LogP contribution < -0.4 is 5.32 Å². The van der Waals surface area contributed by atoms with Crippen LogP contribution in [-0.2, 0) is 0 Å². The molecule has 27 heavy (non-hydrogen) atoms. The molecule has 0 aliphatic heterocycles. The number of carbonyl (C=O) groups excluding carboxylic acids is 1. The fraction of sp³-hybridized carbons (Fsp3) is 0. The van der Waals surface area contributed by atoms with E-state index in [1.54, 1.807) is 6.07 Å². The van der Waals surface area contributed by atoms with E-state index in [2.05, 4.69) is 5.32 Å². The molecule has 9 heteroatoms. The van der Waals surface area contributed by atoms with Crippen molar-refractivity contribution in [1.82, 2.24) is 0 Å². The number of furan rings is 1. The third-order valence-electron chi connectivity index (χ3n) is 3.63. The fourth-order valence-electron chi connectivity index (χ4n) is 2.33. The van der Waals surface area contributed by atoms with Crippen molar-refractivity contribution in [2.75, 3.05) is 5.32 Å². The molecule has 0 aliphatic carbocycles. The minimum absolute atomic E-state index is 0.0357. The summed E-state index contributed by atoms with van der Waals surface area (Å²) in [4.78, 5) is 33.7. The smallest absolute Gasteiger partial charge is 0.335 e. The van der Waals surface area contributed by atoms with E-state index >= 15 is 0 Å².